The lowest BCUT2D eigenvalue weighted by Gasteiger charge is -2.23. The molecule has 150 valence electrons. The molecule has 28 heavy (non-hydrogen) atoms. The Hall–Kier alpha value is -2.89. The second-order valence-electron chi connectivity index (χ2n) is 6.58. The number of carbonyl (C=O) groups is 2. The van der Waals surface area contributed by atoms with Crippen LogP contribution in [-0.4, -0.2) is 42.1 Å². The van der Waals surface area contributed by atoms with E-state index in [1.54, 1.807) is 4.90 Å². The molecule has 1 N–H and O–H groups in total. The lowest BCUT2D eigenvalue weighted by molar-refractivity contribution is -0.137. The highest BCUT2D eigenvalue weighted by atomic mass is 19.1. The van der Waals surface area contributed by atoms with Crippen molar-refractivity contribution in [1.82, 2.24) is 4.90 Å². The fraction of sp³-hybridized carbons (Fsp3) is 0.364. The molecule has 0 atom stereocenters. The van der Waals surface area contributed by atoms with Crippen molar-refractivity contribution < 1.29 is 23.8 Å². The Kier molecular flexibility index (Phi) is 8.46. The van der Waals surface area contributed by atoms with Gasteiger partial charge in [-0.1, -0.05) is 30.3 Å². The van der Waals surface area contributed by atoms with Gasteiger partial charge in [-0.3, -0.25) is 9.59 Å². The minimum absolute atomic E-state index is 0.0287. The van der Waals surface area contributed by atoms with Crippen molar-refractivity contribution in [3.05, 3.63) is 65.5 Å². The Morgan fingerprint density at radius 2 is 1.75 bits per heavy atom. The third kappa shape index (κ3) is 6.68. The van der Waals surface area contributed by atoms with Crippen molar-refractivity contribution >= 4 is 11.9 Å². The van der Waals surface area contributed by atoms with E-state index in [-0.39, 0.29) is 18.1 Å². The zero-order valence-corrected chi connectivity index (χ0v) is 16.1. The average Bonchev–Trinajstić information content (AvgIpc) is 2.70. The summed E-state index contributed by atoms with van der Waals surface area (Å²) < 4.78 is 18.6. The molecule has 1 amide bonds. The van der Waals surface area contributed by atoms with Crippen molar-refractivity contribution in [2.45, 2.75) is 32.1 Å². The highest BCUT2D eigenvalue weighted by Gasteiger charge is 2.17. The number of rotatable bonds is 11. The third-order valence-corrected chi connectivity index (χ3v) is 4.49. The van der Waals surface area contributed by atoms with Crippen LogP contribution in [0.25, 0.3) is 0 Å². The Balaban J connectivity index is 2.02. The first-order chi connectivity index (χ1) is 13.5. The van der Waals surface area contributed by atoms with Crippen LogP contribution in [0.15, 0.2) is 48.5 Å². The number of ether oxygens (including phenoxy) is 1. The molecule has 2 aromatic rings. The maximum absolute atomic E-state index is 13.6. The fourth-order valence-electron chi connectivity index (χ4n) is 2.99. The van der Waals surface area contributed by atoms with Crippen LogP contribution in [0.3, 0.4) is 0 Å². The first-order valence-electron chi connectivity index (χ1n) is 9.40. The molecular formula is C22H26FNO4. The minimum atomic E-state index is -0.842. The van der Waals surface area contributed by atoms with Crippen LogP contribution in [0.4, 0.5) is 4.39 Å². The summed E-state index contributed by atoms with van der Waals surface area (Å²) in [5.74, 6) is -1.54. The molecule has 0 heterocycles. The number of carboxylic acid groups (broad SMARTS) is 1. The van der Waals surface area contributed by atoms with Gasteiger partial charge in [-0.05, 0) is 49.4 Å². The van der Waals surface area contributed by atoms with E-state index in [1.165, 1.54) is 30.9 Å². The molecule has 0 aromatic heterocycles. The van der Waals surface area contributed by atoms with E-state index >= 15 is 0 Å². The van der Waals surface area contributed by atoms with E-state index in [1.807, 2.05) is 30.3 Å². The Bertz CT molecular complexity index is 779. The highest BCUT2D eigenvalue weighted by molar-refractivity contribution is 5.94. The highest BCUT2D eigenvalue weighted by Crippen LogP contribution is 2.20. The summed E-state index contributed by atoms with van der Waals surface area (Å²) in [5, 5.41) is 8.79. The monoisotopic (exact) mass is 387 g/mol. The number of hydrogen-bond donors (Lipinski definition) is 1. The minimum Gasteiger partial charge on any atom is -0.494 e. The van der Waals surface area contributed by atoms with E-state index in [9.17, 15) is 14.0 Å². The number of carbonyl (C=O) groups excluding carboxylic acids is 1. The van der Waals surface area contributed by atoms with E-state index in [0.717, 1.165) is 12.8 Å². The molecule has 0 aliphatic heterocycles. The van der Waals surface area contributed by atoms with Crippen LogP contribution < -0.4 is 4.74 Å². The molecule has 6 heteroatoms. The largest absolute Gasteiger partial charge is 0.494 e. The number of hydrogen-bond acceptors (Lipinski definition) is 3. The van der Waals surface area contributed by atoms with Gasteiger partial charge in [-0.15, -0.1) is 0 Å². The summed E-state index contributed by atoms with van der Waals surface area (Å²) in [5.41, 5.74) is 1.56. The van der Waals surface area contributed by atoms with Crippen molar-refractivity contribution in [3.63, 3.8) is 0 Å². The predicted molar refractivity (Wildman–Crippen MR) is 105 cm³/mol. The first-order valence-corrected chi connectivity index (χ1v) is 9.40. The standard InChI is InChI=1S/C22H26FNO4/c1-28-20-16-18(12-13-19(20)23)22(27)24(14-6-5-11-21(25)26)15-7-10-17-8-3-2-4-9-17/h2-4,8-9,12-13,16H,5-7,10-11,14-15H2,1H3,(H,25,26). The number of halogens is 1. The van der Waals surface area contributed by atoms with Gasteiger partial charge in [0, 0.05) is 25.1 Å². The molecule has 0 saturated carbocycles. The zero-order valence-electron chi connectivity index (χ0n) is 16.1. The Labute approximate surface area is 164 Å². The molecule has 0 fully saturated rings. The van der Waals surface area contributed by atoms with Crippen molar-refractivity contribution in [3.8, 4) is 5.75 Å². The number of aliphatic carboxylic acids is 1. The molecule has 0 bridgehead atoms. The zero-order chi connectivity index (χ0) is 20.4. The molecule has 0 unspecified atom stereocenters. The summed E-state index contributed by atoms with van der Waals surface area (Å²) in [6.07, 6.45) is 2.81. The van der Waals surface area contributed by atoms with Crippen LogP contribution in [0.2, 0.25) is 0 Å². The van der Waals surface area contributed by atoms with Crippen molar-refractivity contribution in [2.24, 2.45) is 0 Å². The smallest absolute Gasteiger partial charge is 0.303 e. The molecule has 5 nitrogen and oxygen atoms in total. The summed E-state index contributed by atoms with van der Waals surface area (Å²) in [4.78, 5) is 25.3. The lowest BCUT2D eigenvalue weighted by Crippen LogP contribution is -2.33. The van der Waals surface area contributed by atoms with E-state index < -0.39 is 11.8 Å². The van der Waals surface area contributed by atoms with Gasteiger partial charge in [0.05, 0.1) is 7.11 Å². The lowest BCUT2D eigenvalue weighted by atomic mass is 10.1. The molecule has 2 rings (SSSR count). The van der Waals surface area contributed by atoms with E-state index in [2.05, 4.69) is 0 Å². The maximum Gasteiger partial charge on any atom is 0.303 e. The Morgan fingerprint density at radius 1 is 1.04 bits per heavy atom. The van der Waals surface area contributed by atoms with Gasteiger partial charge in [0.1, 0.15) is 0 Å². The van der Waals surface area contributed by atoms with Gasteiger partial charge in [0.2, 0.25) is 0 Å². The van der Waals surface area contributed by atoms with Crippen LogP contribution >= 0.6 is 0 Å². The second-order valence-corrected chi connectivity index (χ2v) is 6.58. The van der Waals surface area contributed by atoms with Crippen molar-refractivity contribution in [2.75, 3.05) is 20.2 Å². The molecule has 0 radical (unpaired) electrons. The first kappa shape index (κ1) is 21.4. The van der Waals surface area contributed by atoms with Gasteiger partial charge in [0.15, 0.2) is 11.6 Å². The second kappa shape index (κ2) is 11.1. The topological polar surface area (TPSA) is 66.8 Å². The molecule has 0 aliphatic carbocycles. The van der Waals surface area contributed by atoms with Gasteiger partial charge in [0.25, 0.3) is 5.91 Å². The summed E-state index contributed by atoms with van der Waals surface area (Å²) in [6.45, 7) is 1.00. The summed E-state index contributed by atoms with van der Waals surface area (Å²) in [6, 6.07) is 14.1. The van der Waals surface area contributed by atoms with E-state index in [0.29, 0.717) is 31.5 Å². The summed E-state index contributed by atoms with van der Waals surface area (Å²) in [7, 11) is 1.36. The normalized spacial score (nSPS) is 10.5. The molecule has 0 aliphatic rings. The molecule has 0 saturated heterocycles. The number of carboxylic acids is 1. The van der Waals surface area contributed by atoms with Gasteiger partial charge >= 0.3 is 5.97 Å². The fourth-order valence-corrected chi connectivity index (χ4v) is 2.99. The van der Waals surface area contributed by atoms with Crippen LogP contribution in [-0.2, 0) is 11.2 Å². The number of benzene rings is 2. The summed E-state index contributed by atoms with van der Waals surface area (Å²) >= 11 is 0. The number of unbranched alkanes of at least 4 members (excludes halogenated alkanes) is 1. The van der Waals surface area contributed by atoms with E-state index in [4.69, 9.17) is 9.84 Å². The number of nitrogens with zero attached hydrogens (tertiary/aromatic N) is 1. The van der Waals surface area contributed by atoms with Crippen LogP contribution in [0, 0.1) is 5.82 Å². The molecule has 0 spiro atoms. The van der Waals surface area contributed by atoms with Crippen molar-refractivity contribution in [1.29, 1.82) is 0 Å². The molecule has 2 aromatic carbocycles. The van der Waals surface area contributed by atoms with Gasteiger partial charge < -0.3 is 14.7 Å². The average molecular weight is 387 g/mol. The number of aryl methyl sites for hydroxylation is 1. The van der Waals surface area contributed by atoms with Gasteiger partial charge in [-0.2, -0.15) is 0 Å². The molecular weight excluding hydrogens is 361 g/mol. The van der Waals surface area contributed by atoms with Crippen LogP contribution in [0.5, 0.6) is 5.75 Å². The van der Waals surface area contributed by atoms with Gasteiger partial charge in [-0.25, -0.2) is 4.39 Å². The SMILES string of the molecule is COc1cc(C(=O)N(CCCCC(=O)O)CCCc2ccccc2)ccc1F. The quantitative estimate of drug-likeness (QED) is 0.588. The Morgan fingerprint density at radius 3 is 2.43 bits per heavy atom. The number of methoxy groups -OCH3 is 1. The third-order valence-electron chi connectivity index (χ3n) is 4.49. The van der Waals surface area contributed by atoms with Crippen LogP contribution in [0.1, 0.15) is 41.6 Å². The number of amides is 1. The maximum atomic E-state index is 13.6. The predicted octanol–water partition coefficient (Wildman–Crippen LogP) is 4.16.